The predicted octanol–water partition coefficient (Wildman–Crippen LogP) is 5.85. The molecule has 0 radical (unpaired) electrons. The Labute approximate surface area is 175 Å². The number of rotatable bonds is 4. The summed E-state index contributed by atoms with van der Waals surface area (Å²) >= 11 is 4.40. The van der Waals surface area contributed by atoms with Crippen LogP contribution in [0.3, 0.4) is 0 Å². The highest BCUT2D eigenvalue weighted by Gasteiger charge is 2.35. The Morgan fingerprint density at radius 3 is 2.57 bits per heavy atom. The summed E-state index contributed by atoms with van der Waals surface area (Å²) in [6.07, 6.45) is 1.73. The summed E-state index contributed by atoms with van der Waals surface area (Å²) in [7, 11) is 1.60. The van der Waals surface area contributed by atoms with Gasteiger partial charge < -0.3 is 4.74 Å². The van der Waals surface area contributed by atoms with Crippen LogP contribution in [0.4, 0.5) is 4.79 Å². The predicted molar refractivity (Wildman–Crippen MR) is 116 cm³/mol. The van der Waals surface area contributed by atoms with Gasteiger partial charge in [-0.25, -0.2) is 0 Å². The van der Waals surface area contributed by atoms with Crippen molar-refractivity contribution in [2.24, 2.45) is 0 Å². The summed E-state index contributed by atoms with van der Waals surface area (Å²) in [6, 6.07) is 19.5. The van der Waals surface area contributed by atoms with Crippen molar-refractivity contribution < 1.29 is 14.3 Å². The lowest BCUT2D eigenvalue weighted by Gasteiger charge is -2.13. The minimum atomic E-state index is -0.268. The summed E-state index contributed by atoms with van der Waals surface area (Å²) in [5.74, 6) is 0.441. The van der Waals surface area contributed by atoms with E-state index in [2.05, 4.69) is 15.9 Å². The summed E-state index contributed by atoms with van der Waals surface area (Å²) in [4.78, 5) is 26.9. The maximum Gasteiger partial charge on any atom is 0.293 e. The van der Waals surface area contributed by atoms with Crippen molar-refractivity contribution in [1.29, 1.82) is 0 Å². The van der Waals surface area contributed by atoms with Crippen LogP contribution in [0, 0.1) is 0 Å². The second kappa shape index (κ2) is 7.81. The number of carbonyl (C=O) groups is 2. The van der Waals surface area contributed by atoms with E-state index in [4.69, 9.17) is 4.74 Å². The van der Waals surface area contributed by atoms with E-state index in [1.165, 1.54) is 4.90 Å². The van der Waals surface area contributed by atoms with E-state index in [1.807, 2.05) is 60.7 Å². The standard InChI is InChI=1S/C22H16BrNO3S/c1-27-19-9-7-14(11-18(19)23)12-20-21(25)24(22(26)28-20)13-15-6-8-16-4-2-3-5-17(16)10-15/h2-12H,13H2,1H3/b20-12-. The van der Waals surface area contributed by atoms with Gasteiger partial charge in [-0.05, 0) is 73.9 Å². The number of methoxy groups -OCH3 is 1. The first kappa shape index (κ1) is 18.8. The summed E-state index contributed by atoms with van der Waals surface area (Å²) < 4.78 is 6.01. The molecule has 1 heterocycles. The van der Waals surface area contributed by atoms with Gasteiger partial charge in [-0.1, -0.05) is 42.5 Å². The number of carbonyl (C=O) groups excluding carboxylic acids is 2. The van der Waals surface area contributed by atoms with Gasteiger partial charge in [0.05, 0.1) is 23.0 Å². The molecule has 28 heavy (non-hydrogen) atoms. The van der Waals surface area contributed by atoms with Gasteiger partial charge in [0, 0.05) is 0 Å². The molecule has 0 bridgehead atoms. The van der Waals surface area contributed by atoms with Gasteiger partial charge in [0.1, 0.15) is 5.75 Å². The molecule has 0 aromatic heterocycles. The third kappa shape index (κ3) is 3.70. The van der Waals surface area contributed by atoms with Gasteiger partial charge in [0.2, 0.25) is 0 Å². The lowest BCUT2D eigenvalue weighted by Crippen LogP contribution is -2.27. The molecule has 0 saturated carbocycles. The Morgan fingerprint density at radius 2 is 1.82 bits per heavy atom. The number of hydrogen-bond donors (Lipinski definition) is 0. The van der Waals surface area contributed by atoms with E-state index in [-0.39, 0.29) is 17.7 Å². The van der Waals surface area contributed by atoms with E-state index < -0.39 is 0 Å². The molecule has 1 aliphatic rings. The average molecular weight is 454 g/mol. The van der Waals surface area contributed by atoms with Crippen molar-refractivity contribution in [3.8, 4) is 5.75 Å². The highest BCUT2D eigenvalue weighted by molar-refractivity contribution is 9.10. The molecule has 3 aromatic rings. The van der Waals surface area contributed by atoms with Gasteiger partial charge in [-0.3, -0.25) is 14.5 Å². The number of nitrogens with zero attached hydrogens (tertiary/aromatic N) is 1. The Kier molecular flexibility index (Phi) is 5.24. The van der Waals surface area contributed by atoms with Crippen LogP contribution in [-0.4, -0.2) is 23.2 Å². The van der Waals surface area contributed by atoms with Crippen LogP contribution in [0.5, 0.6) is 5.75 Å². The van der Waals surface area contributed by atoms with Crippen LogP contribution in [0.25, 0.3) is 16.8 Å². The fraction of sp³-hybridized carbons (Fsp3) is 0.0909. The first-order chi connectivity index (χ1) is 13.5. The topological polar surface area (TPSA) is 46.6 Å². The van der Waals surface area contributed by atoms with Crippen molar-refractivity contribution in [2.75, 3.05) is 7.11 Å². The number of benzene rings is 3. The molecular weight excluding hydrogens is 438 g/mol. The van der Waals surface area contributed by atoms with Crippen LogP contribution in [0.15, 0.2) is 70.0 Å². The van der Waals surface area contributed by atoms with Gasteiger partial charge in [-0.2, -0.15) is 0 Å². The van der Waals surface area contributed by atoms with Gasteiger partial charge in [0.25, 0.3) is 11.1 Å². The quantitative estimate of drug-likeness (QED) is 0.465. The summed E-state index contributed by atoms with van der Waals surface area (Å²) in [5, 5.41) is 1.97. The average Bonchev–Trinajstić information content (AvgIpc) is 2.95. The maximum absolute atomic E-state index is 12.8. The van der Waals surface area contributed by atoms with Gasteiger partial charge >= 0.3 is 0 Å². The minimum absolute atomic E-state index is 0.253. The Bertz CT molecular complexity index is 1130. The van der Waals surface area contributed by atoms with Gasteiger partial charge in [-0.15, -0.1) is 0 Å². The van der Waals surface area contributed by atoms with Crippen LogP contribution in [-0.2, 0) is 11.3 Å². The Balaban J connectivity index is 1.57. The number of thioether (sulfide) groups is 1. The van der Waals surface area contributed by atoms with Crippen molar-refractivity contribution in [3.63, 3.8) is 0 Å². The fourth-order valence-corrected chi connectivity index (χ4v) is 4.48. The molecule has 0 aliphatic carbocycles. The highest BCUT2D eigenvalue weighted by Crippen LogP contribution is 2.35. The Morgan fingerprint density at radius 1 is 1.04 bits per heavy atom. The normalized spacial score (nSPS) is 15.6. The van der Waals surface area contributed by atoms with E-state index in [0.29, 0.717) is 10.7 Å². The molecule has 1 saturated heterocycles. The molecule has 4 nitrogen and oxygen atoms in total. The molecule has 0 spiro atoms. The summed E-state index contributed by atoms with van der Waals surface area (Å²) in [6.45, 7) is 0.263. The smallest absolute Gasteiger partial charge is 0.293 e. The second-order valence-electron chi connectivity index (χ2n) is 6.34. The molecule has 0 atom stereocenters. The number of fused-ring (bicyclic) bond motifs is 1. The molecule has 140 valence electrons. The fourth-order valence-electron chi connectivity index (χ4n) is 3.08. The van der Waals surface area contributed by atoms with Crippen LogP contribution in [0.1, 0.15) is 11.1 Å². The SMILES string of the molecule is COc1ccc(/C=C2\SC(=O)N(Cc3ccc4ccccc4c3)C2=O)cc1Br. The minimum Gasteiger partial charge on any atom is -0.496 e. The molecule has 0 unspecified atom stereocenters. The third-order valence-corrected chi connectivity index (χ3v) is 6.03. The zero-order valence-electron chi connectivity index (χ0n) is 15.0. The number of amides is 2. The first-order valence-corrected chi connectivity index (χ1v) is 10.2. The number of hydrogen-bond acceptors (Lipinski definition) is 4. The zero-order valence-corrected chi connectivity index (χ0v) is 17.4. The van der Waals surface area contributed by atoms with Crippen molar-refractivity contribution in [2.45, 2.75) is 6.54 Å². The molecule has 4 rings (SSSR count). The first-order valence-electron chi connectivity index (χ1n) is 8.62. The molecular formula is C22H16BrNO3S. The molecule has 1 aliphatic heterocycles. The molecule has 1 fully saturated rings. The lowest BCUT2D eigenvalue weighted by molar-refractivity contribution is -0.123. The monoisotopic (exact) mass is 453 g/mol. The van der Waals surface area contributed by atoms with E-state index in [0.717, 1.165) is 38.1 Å². The molecule has 6 heteroatoms. The second-order valence-corrected chi connectivity index (χ2v) is 8.19. The van der Waals surface area contributed by atoms with E-state index in [9.17, 15) is 9.59 Å². The van der Waals surface area contributed by atoms with Crippen LogP contribution in [0.2, 0.25) is 0 Å². The number of imide groups is 1. The largest absolute Gasteiger partial charge is 0.496 e. The lowest BCUT2D eigenvalue weighted by atomic mass is 10.1. The van der Waals surface area contributed by atoms with Crippen LogP contribution >= 0.6 is 27.7 Å². The van der Waals surface area contributed by atoms with Crippen molar-refractivity contribution >= 4 is 55.7 Å². The third-order valence-electron chi connectivity index (χ3n) is 4.50. The van der Waals surface area contributed by atoms with Crippen molar-refractivity contribution in [1.82, 2.24) is 4.90 Å². The maximum atomic E-state index is 12.8. The highest BCUT2D eigenvalue weighted by atomic mass is 79.9. The summed E-state index contributed by atoms with van der Waals surface area (Å²) in [5.41, 5.74) is 1.75. The molecule has 2 amide bonds. The molecule has 0 N–H and O–H groups in total. The number of halogens is 1. The Hall–Kier alpha value is -2.57. The number of ether oxygens (including phenoxy) is 1. The van der Waals surface area contributed by atoms with Crippen LogP contribution < -0.4 is 4.74 Å². The van der Waals surface area contributed by atoms with Crippen molar-refractivity contribution in [3.05, 3.63) is 81.2 Å². The van der Waals surface area contributed by atoms with E-state index >= 15 is 0 Å². The van der Waals surface area contributed by atoms with Gasteiger partial charge in [0.15, 0.2) is 0 Å². The zero-order chi connectivity index (χ0) is 19.7. The van der Waals surface area contributed by atoms with E-state index in [1.54, 1.807) is 13.2 Å². The molecule has 3 aromatic carbocycles.